The van der Waals surface area contributed by atoms with Gasteiger partial charge >= 0.3 is 0 Å². The third-order valence-corrected chi connectivity index (χ3v) is 8.82. The van der Waals surface area contributed by atoms with Crippen molar-refractivity contribution in [2.45, 2.75) is 121 Å². The van der Waals surface area contributed by atoms with Crippen molar-refractivity contribution < 1.29 is 0 Å². The number of hydrogen-bond donors (Lipinski definition) is 0. The van der Waals surface area contributed by atoms with Gasteiger partial charge < -0.3 is 0 Å². The molecule has 0 saturated heterocycles. The molecule has 1 unspecified atom stereocenters. The first-order valence-corrected chi connectivity index (χ1v) is 13.6. The van der Waals surface area contributed by atoms with Crippen molar-refractivity contribution in [3.8, 4) is 0 Å². The summed E-state index contributed by atoms with van der Waals surface area (Å²) in [5.74, 6) is 3.49. The molecule has 1 heterocycles. The molecule has 29 heavy (non-hydrogen) atoms. The normalized spacial score (nSPS) is 28.9. The second kappa shape index (κ2) is 12.4. The summed E-state index contributed by atoms with van der Waals surface area (Å²) in [6.45, 7) is 4.59. The Morgan fingerprint density at radius 1 is 0.862 bits per heavy atom. The maximum Gasteiger partial charge on any atom is 0.0662 e. The van der Waals surface area contributed by atoms with E-state index in [0.29, 0.717) is 5.92 Å². The number of aryl methyl sites for hydroxylation is 1. The Bertz CT molecular complexity index is 557. The van der Waals surface area contributed by atoms with Gasteiger partial charge in [0.15, 0.2) is 0 Å². The first-order valence-electron chi connectivity index (χ1n) is 12.7. The molecule has 1 atom stereocenters. The van der Waals surface area contributed by atoms with E-state index in [4.69, 9.17) is 0 Å². The minimum atomic E-state index is 0.640. The van der Waals surface area contributed by atoms with Crippen LogP contribution in [0.5, 0.6) is 0 Å². The Morgan fingerprint density at radius 2 is 1.59 bits per heavy atom. The largest absolute Gasteiger partial charge is 0.155 e. The SMILES string of the molecule is CCCCCc1ccc([C@H]2CC[C@H](CC(Br)[C@H]3CC[C@H](CCC)CC3)CC2)nn1. The summed E-state index contributed by atoms with van der Waals surface area (Å²) in [5, 5.41) is 9.12. The molecule has 0 amide bonds. The van der Waals surface area contributed by atoms with Crippen LogP contribution < -0.4 is 0 Å². The first-order chi connectivity index (χ1) is 14.2. The maximum atomic E-state index is 4.60. The molecule has 1 aromatic heterocycles. The van der Waals surface area contributed by atoms with Gasteiger partial charge in [0.1, 0.15) is 0 Å². The molecule has 164 valence electrons. The number of rotatable bonds is 10. The quantitative estimate of drug-likeness (QED) is 0.258. The lowest BCUT2D eigenvalue weighted by Gasteiger charge is -2.35. The van der Waals surface area contributed by atoms with Crippen LogP contribution >= 0.6 is 15.9 Å². The van der Waals surface area contributed by atoms with Crippen LogP contribution in [0.4, 0.5) is 0 Å². The third-order valence-electron chi connectivity index (χ3n) is 7.70. The summed E-state index contributed by atoms with van der Waals surface area (Å²) >= 11 is 4.11. The van der Waals surface area contributed by atoms with E-state index in [-0.39, 0.29) is 0 Å². The van der Waals surface area contributed by atoms with Crippen molar-refractivity contribution in [2.24, 2.45) is 17.8 Å². The molecular weight excluding hydrogens is 420 g/mol. The van der Waals surface area contributed by atoms with Crippen molar-refractivity contribution in [3.63, 3.8) is 0 Å². The van der Waals surface area contributed by atoms with Gasteiger partial charge in [0.2, 0.25) is 0 Å². The van der Waals surface area contributed by atoms with Crippen molar-refractivity contribution in [2.75, 3.05) is 0 Å². The Morgan fingerprint density at radius 3 is 2.21 bits per heavy atom. The van der Waals surface area contributed by atoms with Crippen LogP contribution in [0.25, 0.3) is 0 Å². The highest BCUT2D eigenvalue weighted by atomic mass is 79.9. The van der Waals surface area contributed by atoms with Gasteiger partial charge in [0.05, 0.1) is 11.4 Å². The van der Waals surface area contributed by atoms with Gasteiger partial charge in [-0.25, -0.2) is 0 Å². The number of aromatic nitrogens is 2. The van der Waals surface area contributed by atoms with E-state index < -0.39 is 0 Å². The van der Waals surface area contributed by atoms with Gasteiger partial charge in [-0.05, 0) is 87.7 Å². The molecule has 0 bridgehead atoms. The van der Waals surface area contributed by atoms with Crippen molar-refractivity contribution >= 4 is 15.9 Å². The highest BCUT2D eigenvalue weighted by Crippen LogP contribution is 2.41. The Kier molecular flexibility index (Phi) is 9.95. The highest BCUT2D eigenvalue weighted by molar-refractivity contribution is 9.09. The molecule has 2 saturated carbocycles. The predicted molar refractivity (Wildman–Crippen MR) is 128 cm³/mol. The lowest BCUT2D eigenvalue weighted by atomic mass is 9.74. The van der Waals surface area contributed by atoms with Crippen molar-refractivity contribution in [1.82, 2.24) is 10.2 Å². The number of nitrogens with zero attached hydrogens (tertiary/aromatic N) is 2. The van der Waals surface area contributed by atoms with E-state index >= 15 is 0 Å². The van der Waals surface area contributed by atoms with Crippen molar-refractivity contribution in [3.05, 3.63) is 23.5 Å². The summed E-state index contributed by atoms with van der Waals surface area (Å²) in [7, 11) is 0. The fraction of sp³-hybridized carbons (Fsp3) is 0.846. The zero-order valence-corrected chi connectivity index (χ0v) is 20.5. The summed E-state index contributed by atoms with van der Waals surface area (Å²) in [6, 6.07) is 4.49. The Hall–Kier alpha value is -0.440. The topological polar surface area (TPSA) is 25.8 Å². The molecule has 2 aliphatic rings. The zero-order valence-electron chi connectivity index (χ0n) is 18.9. The fourth-order valence-electron chi connectivity index (χ4n) is 5.73. The van der Waals surface area contributed by atoms with Crippen LogP contribution in [0.3, 0.4) is 0 Å². The molecule has 2 fully saturated rings. The van der Waals surface area contributed by atoms with Crippen LogP contribution in [-0.4, -0.2) is 15.0 Å². The molecule has 0 radical (unpaired) electrons. The van der Waals surface area contributed by atoms with Gasteiger partial charge in [-0.2, -0.15) is 10.2 Å². The first kappa shape index (κ1) is 23.2. The zero-order chi connectivity index (χ0) is 20.5. The lowest BCUT2D eigenvalue weighted by molar-refractivity contribution is 0.231. The van der Waals surface area contributed by atoms with E-state index in [9.17, 15) is 0 Å². The van der Waals surface area contributed by atoms with Crippen LogP contribution in [0.2, 0.25) is 0 Å². The third kappa shape index (κ3) is 7.33. The van der Waals surface area contributed by atoms with Crippen LogP contribution in [0, 0.1) is 17.8 Å². The van der Waals surface area contributed by atoms with Gasteiger partial charge in [0.25, 0.3) is 0 Å². The Labute approximate surface area is 188 Å². The van der Waals surface area contributed by atoms with E-state index in [1.165, 1.54) is 101 Å². The van der Waals surface area contributed by atoms with Crippen LogP contribution in [-0.2, 0) is 6.42 Å². The Balaban J connectivity index is 1.38. The van der Waals surface area contributed by atoms with Gasteiger partial charge in [0, 0.05) is 10.7 Å². The summed E-state index contributed by atoms with van der Waals surface area (Å²) < 4.78 is 0. The molecule has 0 aliphatic heterocycles. The molecule has 0 aromatic carbocycles. The molecule has 3 rings (SSSR count). The molecular formula is C26H43BrN2. The second-order valence-corrected chi connectivity index (χ2v) is 11.1. The maximum absolute atomic E-state index is 4.60. The highest BCUT2D eigenvalue weighted by Gasteiger charge is 2.30. The smallest absolute Gasteiger partial charge is 0.0662 e. The second-order valence-electron chi connectivity index (χ2n) is 9.95. The average Bonchev–Trinajstić information content (AvgIpc) is 2.76. The average molecular weight is 464 g/mol. The molecule has 1 aromatic rings. The molecule has 3 heteroatoms. The van der Waals surface area contributed by atoms with Crippen LogP contribution in [0.15, 0.2) is 12.1 Å². The molecule has 0 spiro atoms. The minimum Gasteiger partial charge on any atom is -0.155 e. The fourth-order valence-corrected chi connectivity index (χ4v) is 6.79. The van der Waals surface area contributed by atoms with Gasteiger partial charge in [-0.15, -0.1) is 0 Å². The number of alkyl halides is 1. The number of halogens is 1. The monoisotopic (exact) mass is 462 g/mol. The van der Waals surface area contributed by atoms with E-state index in [0.717, 1.165) is 29.0 Å². The van der Waals surface area contributed by atoms with E-state index in [1.807, 2.05) is 0 Å². The molecule has 0 N–H and O–H groups in total. The van der Waals surface area contributed by atoms with Crippen molar-refractivity contribution in [1.29, 1.82) is 0 Å². The van der Waals surface area contributed by atoms with Gasteiger partial charge in [-0.3, -0.25) is 0 Å². The number of unbranched alkanes of at least 4 members (excludes halogenated alkanes) is 2. The molecule has 2 nitrogen and oxygen atoms in total. The van der Waals surface area contributed by atoms with Crippen LogP contribution in [0.1, 0.15) is 121 Å². The summed E-state index contributed by atoms with van der Waals surface area (Å²) in [5.41, 5.74) is 2.42. The summed E-state index contributed by atoms with van der Waals surface area (Å²) in [6.07, 6.45) is 20.3. The van der Waals surface area contributed by atoms with E-state index in [1.54, 1.807) is 0 Å². The van der Waals surface area contributed by atoms with Gasteiger partial charge in [-0.1, -0.05) is 68.3 Å². The standard InChI is InChI=1S/C26H43BrN2/c1-3-5-6-8-24-17-18-26(29-28-24)23-15-11-21(12-16-23)19-25(27)22-13-9-20(7-4-2)10-14-22/h17-18,20-23,25H,3-16,19H2,1-2H3/t20-,21-,22-,23-,25?. The molecule has 2 aliphatic carbocycles. The predicted octanol–water partition coefficient (Wildman–Crippen LogP) is 8.24. The summed E-state index contributed by atoms with van der Waals surface area (Å²) in [4.78, 5) is 0.744. The van der Waals surface area contributed by atoms with E-state index in [2.05, 4.69) is 52.1 Å². The lowest BCUT2D eigenvalue weighted by Crippen LogP contribution is -2.25. The number of hydrogen-bond acceptors (Lipinski definition) is 2. The minimum absolute atomic E-state index is 0.640.